The molecule has 0 fully saturated rings. The molecule has 1 heteroatoms. The summed E-state index contributed by atoms with van der Waals surface area (Å²) in [5.74, 6) is 0. The molecule has 0 heterocycles. The summed E-state index contributed by atoms with van der Waals surface area (Å²) in [6.07, 6.45) is 0.885. The van der Waals surface area contributed by atoms with Gasteiger partial charge >= 0.3 is 0 Å². The van der Waals surface area contributed by atoms with Gasteiger partial charge < -0.3 is 5.73 Å². The van der Waals surface area contributed by atoms with Crippen molar-refractivity contribution in [1.82, 2.24) is 0 Å². The lowest BCUT2D eigenvalue weighted by Crippen LogP contribution is -2.16. The van der Waals surface area contributed by atoms with Crippen LogP contribution >= 0.6 is 0 Å². The second-order valence-electron chi connectivity index (χ2n) is 7.06. The third-order valence-electron chi connectivity index (χ3n) is 4.19. The molecule has 112 valence electrons. The predicted octanol–water partition coefficient (Wildman–Crippen LogP) is 4.84. The summed E-state index contributed by atoms with van der Waals surface area (Å²) in [6.45, 7) is 11.0. The zero-order valence-corrected chi connectivity index (χ0v) is 13.9. The fourth-order valence-corrected chi connectivity index (χ4v) is 2.91. The Labute approximate surface area is 129 Å². The molecule has 0 bridgehead atoms. The van der Waals surface area contributed by atoms with E-state index in [4.69, 9.17) is 5.73 Å². The molecule has 2 aromatic carbocycles. The summed E-state index contributed by atoms with van der Waals surface area (Å²) in [7, 11) is 0. The van der Waals surface area contributed by atoms with E-state index in [-0.39, 0.29) is 11.5 Å². The van der Waals surface area contributed by atoms with Crippen LogP contribution in [0.25, 0.3) is 0 Å². The van der Waals surface area contributed by atoms with Crippen LogP contribution in [0.2, 0.25) is 0 Å². The molecule has 2 aromatic rings. The Hall–Kier alpha value is -1.60. The minimum atomic E-state index is 0.0617. The van der Waals surface area contributed by atoms with Crippen LogP contribution in [0.1, 0.15) is 54.6 Å². The first kappa shape index (κ1) is 15.8. The van der Waals surface area contributed by atoms with Gasteiger partial charge in [0.15, 0.2) is 0 Å². The minimum absolute atomic E-state index is 0.0617. The van der Waals surface area contributed by atoms with E-state index >= 15 is 0 Å². The van der Waals surface area contributed by atoms with Crippen molar-refractivity contribution < 1.29 is 0 Å². The van der Waals surface area contributed by atoms with E-state index < -0.39 is 0 Å². The van der Waals surface area contributed by atoms with E-state index in [1.165, 1.54) is 27.8 Å². The van der Waals surface area contributed by atoms with Gasteiger partial charge in [-0.25, -0.2) is 0 Å². The molecule has 21 heavy (non-hydrogen) atoms. The summed E-state index contributed by atoms with van der Waals surface area (Å²) in [6, 6.07) is 15.3. The smallest absolute Gasteiger partial charge is 0.0341 e. The third-order valence-corrected chi connectivity index (χ3v) is 4.19. The lowest BCUT2D eigenvalue weighted by atomic mass is 9.86. The molecule has 0 spiro atoms. The van der Waals surface area contributed by atoms with Gasteiger partial charge in [0.2, 0.25) is 0 Å². The van der Waals surface area contributed by atoms with Gasteiger partial charge in [-0.15, -0.1) is 0 Å². The summed E-state index contributed by atoms with van der Waals surface area (Å²) >= 11 is 0. The van der Waals surface area contributed by atoms with Gasteiger partial charge in [-0.3, -0.25) is 0 Å². The summed E-state index contributed by atoms with van der Waals surface area (Å²) < 4.78 is 0. The van der Waals surface area contributed by atoms with Crippen molar-refractivity contribution in [3.63, 3.8) is 0 Å². The van der Waals surface area contributed by atoms with E-state index in [1.54, 1.807) is 0 Å². The average molecular weight is 281 g/mol. The van der Waals surface area contributed by atoms with Gasteiger partial charge in [0, 0.05) is 6.04 Å². The number of hydrogen-bond donors (Lipinski definition) is 1. The fourth-order valence-electron chi connectivity index (χ4n) is 2.91. The number of aryl methyl sites for hydroxylation is 2. The van der Waals surface area contributed by atoms with Crippen molar-refractivity contribution in [3.05, 3.63) is 70.3 Å². The average Bonchev–Trinajstić information content (AvgIpc) is 2.38. The Bertz CT molecular complexity index is 582. The van der Waals surface area contributed by atoms with Crippen LogP contribution in [0.4, 0.5) is 0 Å². The van der Waals surface area contributed by atoms with E-state index in [9.17, 15) is 0 Å². The van der Waals surface area contributed by atoms with E-state index in [0.29, 0.717) is 0 Å². The highest BCUT2D eigenvalue weighted by Gasteiger charge is 2.15. The zero-order chi connectivity index (χ0) is 15.6. The van der Waals surface area contributed by atoms with Crippen molar-refractivity contribution in [2.75, 3.05) is 0 Å². The van der Waals surface area contributed by atoms with Crippen molar-refractivity contribution >= 4 is 0 Å². The number of benzene rings is 2. The molecule has 0 aliphatic heterocycles. The van der Waals surface area contributed by atoms with Crippen molar-refractivity contribution in [1.29, 1.82) is 0 Å². The maximum absolute atomic E-state index is 6.45. The summed E-state index contributed by atoms with van der Waals surface area (Å²) in [5.41, 5.74) is 13.2. The van der Waals surface area contributed by atoms with Crippen LogP contribution in [0, 0.1) is 13.8 Å². The highest BCUT2D eigenvalue weighted by molar-refractivity contribution is 5.37. The van der Waals surface area contributed by atoms with Crippen LogP contribution in [0.15, 0.2) is 42.5 Å². The molecule has 0 saturated carbocycles. The molecule has 0 amide bonds. The first-order valence-electron chi connectivity index (χ1n) is 7.70. The molecule has 1 atom stereocenters. The zero-order valence-electron chi connectivity index (χ0n) is 13.9. The summed E-state index contributed by atoms with van der Waals surface area (Å²) in [5, 5.41) is 0. The van der Waals surface area contributed by atoms with Gasteiger partial charge in [-0.2, -0.15) is 0 Å². The molecular weight excluding hydrogens is 254 g/mol. The van der Waals surface area contributed by atoms with E-state index in [2.05, 4.69) is 77.1 Å². The lowest BCUT2D eigenvalue weighted by molar-refractivity contribution is 0.589. The standard InChI is InChI=1S/C20H27N/c1-14-7-6-8-15(2)19(14)18(21)13-16-9-11-17(12-10-16)20(3,4)5/h6-12,18H,13,21H2,1-5H3. The van der Waals surface area contributed by atoms with Crippen LogP contribution in [-0.2, 0) is 11.8 Å². The number of nitrogens with two attached hydrogens (primary N) is 1. The maximum atomic E-state index is 6.45. The van der Waals surface area contributed by atoms with Crippen LogP contribution < -0.4 is 5.73 Å². The van der Waals surface area contributed by atoms with Crippen molar-refractivity contribution in [3.8, 4) is 0 Å². The largest absolute Gasteiger partial charge is 0.324 e. The van der Waals surface area contributed by atoms with Gasteiger partial charge in [0.1, 0.15) is 0 Å². The van der Waals surface area contributed by atoms with Gasteiger partial charge in [0.05, 0.1) is 0 Å². The Morgan fingerprint density at radius 1 is 0.905 bits per heavy atom. The fraction of sp³-hybridized carbons (Fsp3) is 0.400. The topological polar surface area (TPSA) is 26.0 Å². The first-order valence-corrected chi connectivity index (χ1v) is 7.70. The van der Waals surface area contributed by atoms with E-state index in [1.807, 2.05) is 0 Å². The van der Waals surface area contributed by atoms with Crippen LogP contribution in [-0.4, -0.2) is 0 Å². The minimum Gasteiger partial charge on any atom is -0.324 e. The van der Waals surface area contributed by atoms with Crippen molar-refractivity contribution in [2.24, 2.45) is 5.73 Å². The Morgan fingerprint density at radius 2 is 1.43 bits per heavy atom. The predicted molar refractivity (Wildman–Crippen MR) is 91.7 cm³/mol. The Kier molecular flexibility index (Phi) is 4.53. The van der Waals surface area contributed by atoms with Gasteiger partial charge in [0.25, 0.3) is 0 Å². The lowest BCUT2D eigenvalue weighted by Gasteiger charge is -2.20. The molecule has 2 N–H and O–H groups in total. The van der Waals surface area contributed by atoms with Gasteiger partial charge in [-0.05, 0) is 53.5 Å². The molecule has 0 aliphatic carbocycles. The molecular formula is C20H27N. The van der Waals surface area contributed by atoms with Crippen LogP contribution in [0.3, 0.4) is 0 Å². The van der Waals surface area contributed by atoms with Crippen LogP contribution in [0.5, 0.6) is 0 Å². The number of hydrogen-bond acceptors (Lipinski definition) is 1. The molecule has 1 unspecified atom stereocenters. The second kappa shape index (κ2) is 6.03. The first-order chi connectivity index (χ1) is 9.79. The molecule has 2 rings (SSSR count). The number of rotatable bonds is 3. The molecule has 1 nitrogen and oxygen atoms in total. The van der Waals surface area contributed by atoms with Crippen molar-refractivity contribution in [2.45, 2.75) is 52.5 Å². The highest BCUT2D eigenvalue weighted by atomic mass is 14.6. The maximum Gasteiger partial charge on any atom is 0.0341 e. The third kappa shape index (κ3) is 3.74. The second-order valence-corrected chi connectivity index (χ2v) is 7.06. The Morgan fingerprint density at radius 3 is 1.90 bits per heavy atom. The molecule has 0 radical (unpaired) electrons. The monoisotopic (exact) mass is 281 g/mol. The highest BCUT2D eigenvalue weighted by Crippen LogP contribution is 2.25. The quantitative estimate of drug-likeness (QED) is 0.855. The Balaban J connectivity index is 2.18. The molecule has 0 aromatic heterocycles. The van der Waals surface area contributed by atoms with E-state index in [0.717, 1.165) is 6.42 Å². The normalized spacial score (nSPS) is 13.2. The van der Waals surface area contributed by atoms with Gasteiger partial charge in [-0.1, -0.05) is 63.2 Å². The molecule has 0 aliphatic rings. The summed E-state index contributed by atoms with van der Waals surface area (Å²) in [4.78, 5) is 0. The SMILES string of the molecule is Cc1cccc(C)c1C(N)Cc1ccc(C(C)(C)C)cc1. The molecule has 0 saturated heterocycles.